The third-order valence-electron chi connectivity index (χ3n) is 2.88. The molecule has 0 saturated carbocycles. The zero-order valence-electron chi connectivity index (χ0n) is 11.8. The van der Waals surface area contributed by atoms with Crippen LogP contribution < -0.4 is 10.9 Å². The quantitative estimate of drug-likeness (QED) is 0.915. The Morgan fingerprint density at radius 1 is 1.45 bits per heavy atom. The Morgan fingerprint density at radius 2 is 2.20 bits per heavy atom. The zero-order chi connectivity index (χ0) is 14.7. The second-order valence-electron chi connectivity index (χ2n) is 5.04. The van der Waals surface area contributed by atoms with Gasteiger partial charge in [-0.3, -0.25) is 4.79 Å². The number of aryl methyl sites for hydroxylation is 1. The Balaban J connectivity index is 2.12. The van der Waals surface area contributed by atoms with Crippen LogP contribution in [-0.2, 0) is 20.1 Å². The number of rotatable bonds is 5. The molecule has 2 heterocycles. The SMILES string of the molecule is CC(C)Cn1ccnc1CNc1cnn(C)c(=O)c1Cl. The lowest BCUT2D eigenvalue weighted by Gasteiger charge is -2.12. The van der Waals surface area contributed by atoms with Gasteiger partial charge in [-0.15, -0.1) is 0 Å². The minimum Gasteiger partial charge on any atom is -0.375 e. The van der Waals surface area contributed by atoms with Gasteiger partial charge in [0, 0.05) is 26.0 Å². The Labute approximate surface area is 122 Å². The summed E-state index contributed by atoms with van der Waals surface area (Å²) in [6.45, 7) is 5.70. The zero-order valence-corrected chi connectivity index (χ0v) is 12.6. The standard InChI is InChI=1S/C13H18ClN5O/c1-9(2)8-19-5-4-15-11(19)7-16-10-6-17-18(3)13(20)12(10)14/h4-6,9,16H,7-8H2,1-3H3. The summed E-state index contributed by atoms with van der Waals surface area (Å²) in [6, 6.07) is 0. The van der Waals surface area contributed by atoms with Crippen LogP contribution in [0.1, 0.15) is 19.7 Å². The summed E-state index contributed by atoms with van der Waals surface area (Å²) in [4.78, 5) is 16.0. The van der Waals surface area contributed by atoms with Gasteiger partial charge in [0.05, 0.1) is 18.4 Å². The molecule has 0 unspecified atom stereocenters. The van der Waals surface area contributed by atoms with Crippen molar-refractivity contribution in [2.45, 2.75) is 26.9 Å². The first-order valence-electron chi connectivity index (χ1n) is 6.44. The molecule has 0 aliphatic carbocycles. The molecule has 20 heavy (non-hydrogen) atoms. The van der Waals surface area contributed by atoms with Gasteiger partial charge in [-0.25, -0.2) is 9.67 Å². The van der Waals surface area contributed by atoms with Gasteiger partial charge in [-0.05, 0) is 5.92 Å². The predicted octanol–water partition coefficient (Wildman–Crippen LogP) is 1.90. The van der Waals surface area contributed by atoms with Crippen LogP contribution in [0.25, 0.3) is 0 Å². The van der Waals surface area contributed by atoms with E-state index in [1.54, 1.807) is 19.4 Å². The van der Waals surface area contributed by atoms with Gasteiger partial charge in [-0.1, -0.05) is 25.4 Å². The van der Waals surface area contributed by atoms with Crippen LogP contribution in [0.2, 0.25) is 5.02 Å². The van der Waals surface area contributed by atoms with Crippen molar-refractivity contribution >= 4 is 17.3 Å². The van der Waals surface area contributed by atoms with E-state index >= 15 is 0 Å². The second-order valence-corrected chi connectivity index (χ2v) is 5.42. The fourth-order valence-corrected chi connectivity index (χ4v) is 2.11. The summed E-state index contributed by atoms with van der Waals surface area (Å²) in [6.07, 6.45) is 5.25. The average Bonchev–Trinajstić information content (AvgIpc) is 2.82. The molecule has 7 heteroatoms. The number of anilines is 1. The maximum absolute atomic E-state index is 11.7. The molecule has 0 atom stereocenters. The first-order valence-corrected chi connectivity index (χ1v) is 6.82. The van der Waals surface area contributed by atoms with Gasteiger partial charge < -0.3 is 9.88 Å². The third-order valence-corrected chi connectivity index (χ3v) is 3.24. The highest BCUT2D eigenvalue weighted by atomic mass is 35.5. The minimum absolute atomic E-state index is 0.143. The molecule has 0 bridgehead atoms. The lowest BCUT2D eigenvalue weighted by molar-refractivity contribution is 0.509. The number of hydrogen-bond donors (Lipinski definition) is 1. The van der Waals surface area contributed by atoms with Crippen molar-refractivity contribution in [3.8, 4) is 0 Å². The third kappa shape index (κ3) is 3.19. The van der Waals surface area contributed by atoms with E-state index in [0.29, 0.717) is 18.2 Å². The molecule has 1 N–H and O–H groups in total. The molecule has 0 aliphatic rings. The van der Waals surface area contributed by atoms with Crippen LogP contribution in [0.3, 0.4) is 0 Å². The van der Waals surface area contributed by atoms with Crippen LogP contribution in [0.4, 0.5) is 5.69 Å². The van der Waals surface area contributed by atoms with Crippen molar-refractivity contribution in [1.82, 2.24) is 19.3 Å². The molecule has 0 aromatic carbocycles. The van der Waals surface area contributed by atoms with E-state index in [-0.39, 0.29) is 10.6 Å². The smallest absolute Gasteiger partial charge is 0.287 e. The fourth-order valence-electron chi connectivity index (χ4n) is 1.88. The normalized spacial score (nSPS) is 11.1. The Morgan fingerprint density at radius 3 is 2.90 bits per heavy atom. The van der Waals surface area contributed by atoms with Gasteiger partial charge in [-0.2, -0.15) is 5.10 Å². The van der Waals surface area contributed by atoms with Crippen LogP contribution in [0.15, 0.2) is 23.4 Å². The lowest BCUT2D eigenvalue weighted by Crippen LogP contribution is -2.21. The van der Waals surface area contributed by atoms with Crippen molar-refractivity contribution in [2.24, 2.45) is 13.0 Å². The van der Waals surface area contributed by atoms with E-state index in [0.717, 1.165) is 12.4 Å². The Hall–Kier alpha value is -1.82. The summed E-state index contributed by atoms with van der Waals surface area (Å²) >= 11 is 6.00. The van der Waals surface area contributed by atoms with Gasteiger partial charge in [0.2, 0.25) is 0 Å². The van der Waals surface area contributed by atoms with Crippen molar-refractivity contribution in [3.63, 3.8) is 0 Å². The number of imidazole rings is 1. The van der Waals surface area contributed by atoms with Crippen LogP contribution in [0, 0.1) is 5.92 Å². The molecule has 0 radical (unpaired) electrons. The van der Waals surface area contributed by atoms with Crippen LogP contribution >= 0.6 is 11.6 Å². The summed E-state index contributed by atoms with van der Waals surface area (Å²) in [5, 5.41) is 7.19. The summed E-state index contributed by atoms with van der Waals surface area (Å²) < 4.78 is 3.28. The molecule has 2 aromatic rings. The summed E-state index contributed by atoms with van der Waals surface area (Å²) in [7, 11) is 1.56. The first-order chi connectivity index (χ1) is 9.49. The van der Waals surface area contributed by atoms with Crippen molar-refractivity contribution < 1.29 is 0 Å². The Bertz CT molecular complexity index is 646. The molecule has 0 aliphatic heterocycles. The molecule has 6 nitrogen and oxygen atoms in total. The summed E-state index contributed by atoms with van der Waals surface area (Å²) in [5.74, 6) is 1.44. The lowest BCUT2D eigenvalue weighted by atomic mass is 10.2. The number of hydrogen-bond acceptors (Lipinski definition) is 4. The van der Waals surface area contributed by atoms with Gasteiger partial charge in [0.25, 0.3) is 5.56 Å². The molecule has 2 rings (SSSR count). The number of halogens is 1. The highest BCUT2D eigenvalue weighted by molar-refractivity contribution is 6.32. The minimum atomic E-state index is -0.317. The molecule has 0 fully saturated rings. The number of aromatic nitrogens is 4. The molecule has 108 valence electrons. The van der Waals surface area contributed by atoms with E-state index in [1.807, 2.05) is 6.20 Å². The van der Waals surface area contributed by atoms with E-state index in [2.05, 4.69) is 33.8 Å². The highest BCUT2D eigenvalue weighted by Crippen LogP contribution is 2.16. The van der Waals surface area contributed by atoms with Gasteiger partial charge in [0.1, 0.15) is 10.8 Å². The van der Waals surface area contributed by atoms with Crippen molar-refractivity contribution in [1.29, 1.82) is 0 Å². The second kappa shape index (κ2) is 6.09. The maximum atomic E-state index is 11.7. The molecule has 0 saturated heterocycles. The molecule has 0 amide bonds. The number of nitrogens with one attached hydrogen (secondary N) is 1. The van der Waals surface area contributed by atoms with Gasteiger partial charge >= 0.3 is 0 Å². The summed E-state index contributed by atoms with van der Waals surface area (Å²) in [5.41, 5.74) is 0.205. The van der Waals surface area contributed by atoms with E-state index in [1.165, 1.54) is 4.68 Å². The van der Waals surface area contributed by atoms with E-state index < -0.39 is 0 Å². The van der Waals surface area contributed by atoms with Crippen molar-refractivity contribution in [2.75, 3.05) is 5.32 Å². The fraction of sp³-hybridized carbons (Fsp3) is 0.462. The average molecular weight is 296 g/mol. The highest BCUT2D eigenvalue weighted by Gasteiger charge is 2.09. The topological polar surface area (TPSA) is 64.7 Å². The monoisotopic (exact) mass is 295 g/mol. The predicted molar refractivity (Wildman–Crippen MR) is 78.9 cm³/mol. The first kappa shape index (κ1) is 14.6. The van der Waals surface area contributed by atoms with Gasteiger partial charge in [0.15, 0.2) is 0 Å². The van der Waals surface area contributed by atoms with Crippen LogP contribution in [-0.4, -0.2) is 19.3 Å². The molecular weight excluding hydrogens is 278 g/mol. The Kier molecular flexibility index (Phi) is 4.44. The van der Waals surface area contributed by atoms with E-state index in [4.69, 9.17) is 11.6 Å². The van der Waals surface area contributed by atoms with Crippen molar-refractivity contribution in [3.05, 3.63) is 39.8 Å². The van der Waals surface area contributed by atoms with Crippen LogP contribution in [0.5, 0.6) is 0 Å². The molecule has 2 aromatic heterocycles. The molecular formula is C13H18ClN5O. The maximum Gasteiger partial charge on any atom is 0.287 e. The number of nitrogens with zero attached hydrogens (tertiary/aromatic N) is 4. The van der Waals surface area contributed by atoms with E-state index in [9.17, 15) is 4.79 Å². The largest absolute Gasteiger partial charge is 0.375 e. The molecule has 0 spiro atoms.